The Kier molecular flexibility index (Phi) is 4.75. The predicted molar refractivity (Wildman–Crippen MR) is 93.6 cm³/mol. The first-order valence-electron chi connectivity index (χ1n) is 8.63. The van der Waals surface area contributed by atoms with Gasteiger partial charge < -0.3 is 5.32 Å². The van der Waals surface area contributed by atoms with Gasteiger partial charge in [-0.15, -0.1) is 0 Å². The van der Waals surface area contributed by atoms with Crippen LogP contribution in [-0.2, 0) is 0 Å². The van der Waals surface area contributed by atoms with Crippen LogP contribution < -0.4 is 5.32 Å². The summed E-state index contributed by atoms with van der Waals surface area (Å²) in [7, 11) is 0. The maximum atomic E-state index is 3.88. The van der Waals surface area contributed by atoms with Crippen LogP contribution in [-0.4, -0.2) is 6.54 Å². The van der Waals surface area contributed by atoms with Gasteiger partial charge >= 0.3 is 0 Å². The summed E-state index contributed by atoms with van der Waals surface area (Å²) in [6, 6.07) is 5.29. The van der Waals surface area contributed by atoms with E-state index >= 15 is 0 Å². The van der Waals surface area contributed by atoms with E-state index in [2.05, 4.69) is 54.2 Å². The van der Waals surface area contributed by atoms with Crippen molar-refractivity contribution in [2.45, 2.75) is 58.9 Å². The van der Waals surface area contributed by atoms with Crippen LogP contribution >= 0.6 is 15.9 Å². The first kappa shape index (κ1) is 15.6. The number of hydrogen-bond acceptors (Lipinski definition) is 1. The third kappa shape index (κ3) is 3.07. The number of rotatable bonds is 5. The zero-order valence-electron chi connectivity index (χ0n) is 13.6. The lowest BCUT2D eigenvalue weighted by Gasteiger charge is -2.23. The summed E-state index contributed by atoms with van der Waals surface area (Å²) in [6.07, 6.45) is 7.06. The van der Waals surface area contributed by atoms with Crippen LogP contribution in [0.25, 0.3) is 0 Å². The summed E-state index contributed by atoms with van der Waals surface area (Å²) < 4.78 is 1.24. The molecule has 1 N–H and O–H groups in total. The van der Waals surface area contributed by atoms with Gasteiger partial charge in [-0.3, -0.25) is 0 Å². The standard InChI is InChI=1S/C19H28BrN/c1-4-9-21-19(18-14-7-5-6-8-15(14)18)16-10-13(3)17(20)11-12(16)2/h10-11,14-15,18-19,21H,4-9H2,1-3H3. The highest BCUT2D eigenvalue weighted by molar-refractivity contribution is 9.10. The zero-order valence-corrected chi connectivity index (χ0v) is 15.2. The van der Waals surface area contributed by atoms with Gasteiger partial charge in [0.25, 0.3) is 0 Å². The largest absolute Gasteiger partial charge is 0.310 e. The Bertz CT molecular complexity index is 499. The third-order valence-corrected chi connectivity index (χ3v) is 6.46. The van der Waals surface area contributed by atoms with Crippen LogP contribution in [0.3, 0.4) is 0 Å². The number of hydrogen-bond donors (Lipinski definition) is 1. The monoisotopic (exact) mass is 349 g/mol. The van der Waals surface area contributed by atoms with E-state index in [0.29, 0.717) is 6.04 Å². The van der Waals surface area contributed by atoms with Crippen LogP contribution in [0.4, 0.5) is 0 Å². The molecule has 0 amide bonds. The normalized spacial score (nSPS) is 29.0. The third-order valence-electron chi connectivity index (χ3n) is 5.60. The Morgan fingerprint density at radius 3 is 2.43 bits per heavy atom. The van der Waals surface area contributed by atoms with Gasteiger partial charge in [-0.1, -0.05) is 41.8 Å². The fourth-order valence-electron chi connectivity index (χ4n) is 4.43. The second-order valence-electron chi connectivity index (χ2n) is 7.08. The maximum Gasteiger partial charge on any atom is 0.0356 e. The lowest BCUT2D eigenvalue weighted by atomic mass is 9.94. The molecule has 21 heavy (non-hydrogen) atoms. The molecule has 1 aromatic rings. The van der Waals surface area contributed by atoms with Crippen molar-refractivity contribution in [2.75, 3.05) is 6.54 Å². The van der Waals surface area contributed by atoms with Crippen molar-refractivity contribution < 1.29 is 0 Å². The van der Waals surface area contributed by atoms with Crippen LogP contribution in [0.2, 0.25) is 0 Å². The van der Waals surface area contributed by atoms with E-state index in [1.165, 1.54) is 47.7 Å². The molecule has 2 saturated carbocycles. The lowest BCUT2D eigenvalue weighted by Crippen LogP contribution is -2.26. The molecule has 0 bridgehead atoms. The van der Waals surface area contributed by atoms with E-state index in [1.807, 2.05) is 0 Å². The first-order chi connectivity index (χ1) is 10.1. The minimum absolute atomic E-state index is 0.574. The zero-order chi connectivity index (χ0) is 15.0. The second kappa shape index (κ2) is 6.42. The van der Waals surface area contributed by atoms with E-state index in [4.69, 9.17) is 0 Å². The second-order valence-corrected chi connectivity index (χ2v) is 7.93. The van der Waals surface area contributed by atoms with Gasteiger partial charge in [-0.2, -0.15) is 0 Å². The molecule has 0 saturated heterocycles. The molecule has 3 atom stereocenters. The average molecular weight is 350 g/mol. The molecule has 0 radical (unpaired) electrons. The minimum atomic E-state index is 0.574. The van der Waals surface area contributed by atoms with Gasteiger partial charge in [0.1, 0.15) is 0 Å². The highest BCUT2D eigenvalue weighted by atomic mass is 79.9. The molecule has 0 aliphatic heterocycles. The Balaban J connectivity index is 1.87. The van der Waals surface area contributed by atoms with Gasteiger partial charge in [0, 0.05) is 10.5 Å². The van der Waals surface area contributed by atoms with Crippen molar-refractivity contribution in [2.24, 2.45) is 17.8 Å². The fraction of sp³-hybridized carbons (Fsp3) is 0.684. The molecule has 3 unspecified atom stereocenters. The topological polar surface area (TPSA) is 12.0 Å². The van der Waals surface area contributed by atoms with E-state index in [9.17, 15) is 0 Å². The molecule has 2 heteroatoms. The van der Waals surface area contributed by atoms with Gasteiger partial charge in [-0.05, 0) is 80.2 Å². The minimum Gasteiger partial charge on any atom is -0.310 e. The molecule has 2 fully saturated rings. The first-order valence-corrected chi connectivity index (χ1v) is 9.42. The molecule has 0 aromatic heterocycles. The summed E-state index contributed by atoms with van der Waals surface area (Å²) in [4.78, 5) is 0. The number of nitrogens with one attached hydrogen (secondary N) is 1. The Hall–Kier alpha value is -0.340. The summed E-state index contributed by atoms with van der Waals surface area (Å²) >= 11 is 3.68. The molecule has 0 heterocycles. The van der Waals surface area contributed by atoms with Gasteiger partial charge in [-0.25, -0.2) is 0 Å². The molecular formula is C19H28BrN. The maximum absolute atomic E-state index is 3.88. The van der Waals surface area contributed by atoms with Crippen molar-refractivity contribution in [3.05, 3.63) is 33.3 Å². The van der Waals surface area contributed by atoms with E-state index in [-0.39, 0.29) is 0 Å². The van der Waals surface area contributed by atoms with Crippen molar-refractivity contribution in [1.82, 2.24) is 5.32 Å². The number of halogens is 1. The fourth-order valence-corrected chi connectivity index (χ4v) is 4.89. The Morgan fingerprint density at radius 2 is 1.81 bits per heavy atom. The molecule has 116 valence electrons. The van der Waals surface area contributed by atoms with E-state index in [0.717, 1.165) is 24.3 Å². The molecule has 1 nitrogen and oxygen atoms in total. The molecule has 1 aromatic carbocycles. The summed E-state index contributed by atoms with van der Waals surface area (Å²) in [6.45, 7) is 7.88. The molecular weight excluding hydrogens is 322 g/mol. The molecule has 0 spiro atoms. The number of aryl methyl sites for hydroxylation is 2. The van der Waals surface area contributed by atoms with Gasteiger partial charge in [0.05, 0.1) is 0 Å². The van der Waals surface area contributed by atoms with Crippen LogP contribution in [0.5, 0.6) is 0 Å². The van der Waals surface area contributed by atoms with Crippen LogP contribution in [0.15, 0.2) is 16.6 Å². The lowest BCUT2D eigenvalue weighted by molar-refractivity contribution is 0.443. The van der Waals surface area contributed by atoms with Gasteiger partial charge in [0.2, 0.25) is 0 Å². The number of benzene rings is 1. The summed E-state index contributed by atoms with van der Waals surface area (Å²) in [5.41, 5.74) is 4.34. The number of fused-ring (bicyclic) bond motifs is 1. The van der Waals surface area contributed by atoms with Crippen molar-refractivity contribution >= 4 is 15.9 Å². The van der Waals surface area contributed by atoms with Crippen molar-refractivity contribution in [1.29, 1.82) is 0 Å². The SMILES string of the molecule is CCCNC(c1cc(C)c(Br)cc1C)C1C2CCCCC21. The van der Waals surface area contributed by atoms with Crippen LogP contribution in [0, 0.1) is 31.6 Å². The van der Waals surface area contributed by atoms with Crippen LogP contribution in [0.1, 0.15) is 61.8 Å². The molecule has 2 aliphatic carbocycles. The molecule has 3 rings (SSSR count). The average Bonchev–Trinajstić information content (AvgIpc) is 3.19. The smallest absolute Gasteiger partial charge is 0.0356 e. The predicted octanol–water partition coefficient (Wildman–Crippen LogP) is 5.54. The molecule has 2 aliphatic rings. The van der Waals surface area contributed by atoms with Crippen molar-refractivity contribution in [3.63, 3.8) is 0 Å². The summed E-state index contributed by atoms with van der Waals surface area (Å²) in [5.74, 6) is 2.88. The quantitative estimate of drug-likeness (QED) is 0.735. The Labute approximate surface area is 138 Å². The van der Waals surface area contributed by atoms with Gasteiger partial charge in [0.15, 0.2) is 0 Å². The highest BCUT2D eigenvalue weighted by Gasteiger charge is 2.54. The van der Waals surface area contributed by atoms with E-state index < -0.39 is 0 Å². The summed E-state index contributed by atoms with van der Waals surface area (Å²) in [5, 5.41) is 3.88. The van der Waals surface area contributed by atoms with E-state index in [1.54, 1.807) is 5.56 Å². The Morgan fingerprint density at radius 1 is 1.14 bits per heavy atom. The van der Waals surface area contributed by atoms with Crippen molar-refractivity contribution in [3.8, 4) is 0 Å². The highest BCUT2D eigenvalue weighted by Crippen LogP contribution is 2.60.